The highest BCUT2D eigenvalue weighted by molar-refractivity contribution is 6.30. The van der Waals surface area contributed by atoms with E-state index in [-0.39, 0.29) is 12.6 Å². The zero-order valence-electron chi connectivity index (χ0n) is 12.6. The maximum atomic E-state index is 10.0. The van der Waals surface area contributed by atoms with Crippen LogP contribution in [0.15, 0.2) is 48.5 Å². The van der Waals surface area contributed by atoms with Gasteiger partial charge in [0, 0.05) is 17.6 Å². The van der Waals surface area contributed by atoms with Gasteiger partial charge in [-0.3, -0.25) is 4.84 Å². The van der Waals surface area contributed by atoms with E-state index in [1.165, 1.54) is 0 Å². The largest absolute Gasteiger partial charge is 0.491 e. The Bertz CT molecular complexity index is 804. The number of fused-ring (bicyclic) bond motifs is 3. The summed E-state index contributed by atoms with van der Waals surface area (Å²) in [5, 5.41) is 12.4. The lowest BCUT2D eigenvalue weighted by atomic mass is 9.71. The van der Waals surface area contributed by atoms with Gasteiger partial charge >= 0.3 is 0 Å². The van der Waals surface area contributed by atoms with Crippen molar-refractivity contribution in [3.8, 4) is 11.8 Å². The van der Waals surface area contributed by atoms with Gasteiger partial charge in [-0.25, -0.2) is 0 Å². The first-order valence-corrected chi connectivity index (χ1v) is 7.81. The molecule has 0 aliphatic carbocycles. The van der Waals surface area contributed by atoms with Crippen molar-refractivity contribution in [2.24, 2.45) is 5.41 Å². The van der Waals surface area contributed by atoms with Gasteiger partial charge in [-0.15, -0.1) is 0 Å². The van der Waals surface area contributed by atoms with Gasteiger partial charge in [0.1, 0.15) is 23.9 Å². The van der Waals surface area contributed by atoms with Crippen molar-refractivity contribution in [1.82, 2.24) is 5.06 Å². The lowest BCUT2D eigenvalue weighted by molar-refractivity contribution is -0.147. The average Bonchev–Trinajstić information content (AvgIpc) is 2.89. The molecular weight excluding hydrogens is 312 g/mol. The van der Waals surface area contributed by atoms with Crippen LogP contribution in [0.1, 0.15) is 23.3 Å². The zero-order valence-corrected chi connectivity index (χ0v) is 13.3. The van der Waals surface area contributed by atoms with Crippen LogP contribution in [0.3, 0.4) is 0 Å². The van der Waals surface area contributed by atoms with E-state index in [9.17, 15) is 5.26 Å². The van der Waals surface area contributed by atoms with E-state index in [4.69, 9.17) is 21.2 Å². The van der Waals surface area contributed by atoms with Gasteiger partial charge in [-0.2, -0.15) is 10.3 Å². The lowest BCUT2D eigenvalue weighted by Crippen LogP contribution is -2.40. The third-order valence-electron chi connectivity index (χ3n) is 4.63. The molecule has 1 saturated heterocycles. The fraction of sp³-hybridized carbons (Fsp3) is 0.278. The smallest absolute Gasteiger partial charge is 0.145 e. The molecule has 0 saturated carbocycles. The molecular formula is C18H15ClN2O2. The highest BCUT2D eigenvalue weighted by atomic mass is 35.5. The van der Waals surface area contributed by atoms with Crippen molar-refractivity contribution in [3.05, 3.63) is 64.7 Å². The topological polar surface area (TPSA) is 45.5 Å². The monoisotopic (exact) mass is 326 g/mol. The van der Waals surface area contributed by atoms with Crippen molar-refractivity contribution in [2.75, 3.05) is 13.7 Å². The van der Waals surface area contributed by atoms with E-state index in [0.29, 0.717) is 5.02 Å². The number of hydrogen-bond donors (Lipinski definition) is 0. The van der Waals surface area contributed by atoms with Crippen molar-refractivity contribution in [3.63, 3.8) is 0 Å². The van der Waals surface area contributed by atoms with E-state index >= 15 is 0 Å². The van der Waals surface area contributed by atoms with Crippen molar-refractivity contribution in [1.29, 1.82) is 5.26 Å². The molecule has 23 heavy (non-hydrogen) atoms. The summed E-state index contributed by atoms with van der Waals surface area (Å²) in [6.45, 7) is 0.284. The van der Waals surface area contributed by atoms with Crippen LogP contribution in [0.4, 0.5) is 0 Å². The molecule has 0 N–H and O–H groups in total. The van der Waals surface area contributed by atoms with E-state index in [1.54, 1.807) is 5.06 Å². The van der Waals surface area contributed by atoms with E-state index < -0.39 is 11.5 Å². The summed E-state index contributed by atoms with van der Waals surface area (Å²) in [6.07, 6.45) is -0.422. The normalized spacial score (nSPS) is 29.3. The number of ether oxygens (including phenoxy) is 1. The number of hydrogen-bond acceptors (Lipinski definition) is 4. The molecule has 2 aromatic rings. The molecule has 2 aliphatic heterocycles. The van der Waals surface area contributed by atoms with Crippen LogP contribution >= 0.6 is 11.6 Å². The lowest BCUT2D eigenvalue weighted by Gasteiger charge is -2.37. The second kappa shape index (κ2) is 5.24. The summed E-state index contributed by atoms with van der Waals surface area (Å²) < 4.78 is 5.90. The number of nitriles is 1. The Balaban J connectivity index is 1.86. The number of hydroxylamine groups is 2. The maximum Gasteiger partial charge on any atom is 0.145 e. The van der Waals surface area contributed by atoms with Gasteiger partial charge in [-0.1, -0.05) is 41.9 Å². The van der Waals surface area contributed by atoms with Crippen LogP contribution in [0.2, 0.25) is 5.02 Å². The molecule has 4 rings (SSSR count). The third-order valence-corrected chi connectivity index (χ3v) is 4.87. The molecule has 3 atom stereocenters. The molecule has 0 bridgehead atoms. The summed E-state index contributed by atoms with van der Waals surface area (Å²) >= 11 is 6.12. The predicted octanol–water partition coefficient (Wildman–Crippen LogP) is 3.90. The fourth-order valence-electron chi connectivity index (χ4n) is 3.63. The Morgan fingerprint density at radius 3 is 2.87 bits per heavy atom. The Labute approximate surface area is 139 Å². The molecule has 4 nitrogen and oxygen atoms in total. The molecule has 0 amide bonds. The van der Waals surface area contributed by atoms with Crippen LogP contribution in [0.25, 0.3) is 0 Å². The highest BCUT2D eigenvalue weighted by Crippen LogP contribution is 2.58. The third kappa shape index (κ3) is 2.05. The van der Waals surface area contributed by atoms with E-state index in [1.807, 2.05) is 55.6 Å². The van der Waals surface area contributed by atoms with Gasteiger partial charge < -0.3 is 4.74 Å². The molecule has 0 radical (unpaired) electrons. The second-order valence-electron chi connectivity index (χ2n) is 5.97. The van der Waals surface area contributed by atoms with Crippen LogP contribution < -0.4 is 4.74 Å². The maximum absolute atomic E-state index is 10.0. The first-order valence-electron chi connectivity index (χ1n) is 7.44. The minimum atomic E-state index is -0.812. The van der Waals surface area contributed by atoms with Crippen molar-refractivity contribution >= 4 is 11.6 Å². The molecule has 5 heteroatoms. The summed E-state index contributed by atoms with van der Waals surface area (Å²) in [6, 6.07) is 17.6. The summed E-state index contributed by atoms with van der Waals surface area (Å²) in [5.74, 6) is 0.811. The molecule has 2 heterocycles. The Morgan fingerprint density at radius 1 is 1.26 bits per heavy atom. The summed E-state index contributed by atoms with van der Waals surface area (Å²) in [7, 11) is 1.86. The Morgan fingerprint density at radius 2 is 2.09 bits per heavy atom. The van der Waals surface area contributed by atoms with Crippen LogP contribution in [-0.4, -0.2) is 18.7 Å². The highest BCUT2D eigenvalue weighted by Gasteiger charge is 2.60. The van der Waals surface area contributed by atoms with Crippen molar-refractivity contribution in [2.45, 2.75) is 12.1 Å². The first-order chi connectivity index (χ1) is 11.2. The predicted molar refractivity (Wildman–Crippen MR) is 85.8 cm³/mol. The zero-order chi connectivity index (χ0) is 16.0. The van der Waals surface area contributed by atoms with Gasteiger partial charge in [0.25, 0.3) is 0 Å². The summed E-state index contributed by atoms with van der Waals surface area (Å²) in [4.78, 5) is 6.07. The van der Waals surface area contributed by atoms with Gasteiger partial charge in [0.15, 0.2) is 0 Å². The minimum absolute atomic E-state index is 0.179. The summed E-state index contributed by atoms with van der Waals surface area (Å²) in [5.41, 5.74) is 1.05. The fourth-order valence-corrected chi connectivity index (χ4v) is 3.83. The SMILES string of the molecule is CN1O[C@H](c2cccc(Cl)c2)[C@@]2(C#N)COc3ccccc3[C@@H]12. The second-order valence-corrected chi connectivity index (χ2v) is 6.40. The number of nitrogens with zero attached hydrogens (tertiary/aromatic N) is 2. The average molecular weight is 327 g/mol. The van der Waals surface area contributed by atoms with Gasteiger partial charge in [0.05, 0.1) is 12.1 Å². The number of halogens is 1. The van der Waals surface area contributed by atoms with Crippen molar-refractivity contribution < 1.29 is 9.57 Å². The quantitative estimate of drug-likeness (QED) is 0.797. The number of rotatable bonds is 1. The van der Waals surface area contributed by atoms with Gasteiger partial charge in [-0.05, 0) is 23.8 Å². The molecule has 0 unspecified atom stereocenters. The first kappa shape index (κ1) is 14.5. The van der Waals surface area contributed by atoms with Crippen LogP contribution in [0.5, 0.6) is 5.75 Å². The molecule has 2 aromatic carbocycles. The molecule has 0 aromatic heterocycles. The Hall–Kier alpha value is -2.06. The number of para-hydroxylation sites is 1. The van der Waals surface area contributed by atoms with E-state index in [0.717, 1.165) is 16.9 Å². The molecule has 0 spiro atoms. The molecule has 2 aliphatic rings. The van der Waals surface area contributed by atoms with E-state index in [2.05, 4.69) is 6.07 Å². The Kier molecular flexibility index (Phi) is 3.31. The minimum Gasteiger partial charge on any atom is -0.491 e. The van der Waals surface area contributed by atoms with Crippen LogP contribution in [0, 0.1) is 16.7 Å². The standard InChI is InChI=1S/C18H15ClN2O2/c1-21-16-14-7-2-3-8-15(14)22-11-18(16,10-20)17(23-21)12-5-4-6-13(19)9-12/h2-9,16-17H,11H2,1H3/t16-,17-,18+/m1/s1. The molecule has 1 fully saturated rings. The molecule has 116 valence electrons. The number of benzene rings is 2. The van der Waals surface area contributed by atoms with Crippen LogP contribution in [-0.2, 0) is 4.84 Å². The van der Waals surface area contributed by atoms with Gasteiger partial charge in [0.2, 0.25) is 0 Å².